The summed E-state index contributed by atoms with van der Waals surface area (Å²) in [5, 5.41) is 13.4. The molecule has 4 heteroatoms. The van der Waals surface area contributed by atoms with E-state index in [9.17, 15) is 5.11 Å². The lowest BCUT2D eigenvalue weighted by Crippen LogP contribution is -2.16. The van der Waals surface area contributed by atoms with Crippen LogP contribution in [0.25, 0.3) is 0 Å². The van der Waals surface area contributed by atoms with Crippen molar-refractivity contribution in [1.82, 2.24) is 0 Å². The molecule has 0 amide bonds. The lowest BCUT2D eigenvalue weighted by Gasteiger charge is -2.16. The van der Waals surface area contributed by atoms with Crippen LogP contribution in [0.1, 0.15) is 24.5 Å². The number of nitrogens with one attached hydrogen (secondary N) is 1. The second-order valence-corrected chi connectivity index (χ2v) is 6.18. The van der Waals surface area contributed by atoms with Crippen LogP contribution < -0.4 is 5.32 Å². The van der Waals surface area contributed by atoms with E-state index < -0.39 is 0 Å². The third-order valence-corrected chi connectivity index (χ3v) is 3.95. The van der Waals surface area contributed by atoms with Gasteiger partial charge in [-0.1, -0.05) is 53.0 Å². The maximum atomic E-state index is 9.55. The number of hydrogen-bond acceptors (Lipinski definition) is 2. The van der Waals surface area contributed by atoms with E-state index in [1.807, 2.05) is 0 Å². The highest BCUT2D eigenvalue weighted by molar-refractivity contribution is 6.37. The van der Waals surface area contributed by atoms with E-state index >= 15 is 0 Å². The fraction of sp³-hybridized carbons (Fsp3) is 0.294. The average Bonchev–Trinajstić information content (AvgIpc) is 2.42. The molecule has 2 N–H and O–H groups in total. The summed E-state index contributed by atoms with van der Waals surface area (Å²) in [6.07, 6.45) is 2.01. The van der Waals surface area contributed by atoms with E-state index in [1.165, 1.54) is 11.1 Å². The van der Waals surface area contributed by atoms with E-state index in [-0.39, 0.29) is 21.8 Å². The number of aryl methyl sites for hydroxylation is 2. The molecule has 1 unspecified atom stereocenters. The van der Waals surface area contributed by atoms with Gasteiger partial charge in [-0.05, 0) is 44.4 Å². The Hall–Kier alpha value is -1.38. The van der Waals surface area contributed by atoms with Crippen molar-refractivity contribution < 1.29 is 5.11 Å². The molecule has 0 fully saturated rings. The number of rotatable bonds is 5. The number of hydrogen-bond donors (Lipinski definition) is 2. The molecule has 0 saturated heterocycles. The number of aromatic hydroxyl groups is 1. The van der Waals surface area contributed by atoms with Crippen LogP contribution in [0.4, 0.5) is 5.69 Å². The van der Waals surface area contributed by atoms with Crippen molar-refractivity contribution in [2.75, 3.05) is 5.32 Å². The third kappa shape index (κ3) is 4.55. The Morgan fingerprint density at radius 1 is 1.14 bits per heavy atom. The Kier molecular flexibility index (Phi) is 5.38. The number of benzene rings is 2. The predicted octanol–water partition coefficient (Wildman–Crippen LogP) is 5.44. The zero-order valence-corrected chi connectivity index (χ0v) is 13.7. The SMILES string of the molecule is Cc1cccc(CCC(C)Nc2cc(Cl)c(O)c(Cl)c2)c1. The maximum absolute atomic E-state index is 9.55. The van der Waals surface area contributed by atoms with Gasteiger partial charge in [-0.15, -0.1) is 0 Å². The van der Waals surface area contributed by atoms with E-state index in [2.05, 4.69) is 43.4 Å². The number of halogens is 2. The van der Waals surface area contributed by atoms with Crippen LogP contribution in [0, 0.1) is 6.92 Å². The Balaban J connectivity index is 1.94. The normalized spacial score (nSPS) is 12.2. The predicted molar refractivity (Wildman–Crippen MR) is 90.7 cm³/mol. The Labute approximate surface area is 135 Å². The van der Waals surface area contributed by atoms with Crippen LogP contribution in [-0.2, 0) is 6.42 Å². The summed E-state index contributed by atoms with van der Waals surface area (Å²) in [6.45, 7) is 4.22. The fourth-order valence-electron chi connectivity index (χ4n) is 2.26. The van der Waals surface area contributed by atoms with Gasteiger partial charge >= 0.3 is 0 Å². The Bertz CT molecular complexity index is 605. The molecule has 0 aliphatic heterocycles. The summed E-state index contributed by atoms with van der Waals surface area (Å²) in [7, 11) is 0. The molecule has 0 radical (unpaired) electrons. The molecular weight excluding hydrogens is 305 g/mol. The van der Waals surface area contributed by atoms with Gasteiger partial charge in [0.2, 0.25) is 0 Å². The number of phenols is 1. The first-order chi connectivity index (χ1) is 9.95. The quantitative estimate of drug-likeness (QED) is 0.718. The van der Waals surface area contributed by atoms with Crippen molar-refractivity contribution in [2.24, 2.45) is 0 Å². The van der Waals surface area contributed by atoms with Crippen molar-refractivity contribution in [1.29, 1.82) is 0 Å². The lowest BCUT2D eigenvalue weighted by atomic mass is 10.0. The van der Waals surface area contributed by atoms with Gasteiger partial charge in [0.05, 0.1) is 10.0 Å². The zero-order valence-electron chi connectivity index (χ0n) is 12.2. The summed E-state index contributed by atoms with van der Waals surface area (Å²) < 4.78 is 0. The molecule has 2 rings (SSSR count). The molecule has 0 aliphatic rings. The maximum Gasteiger partial charge on any atom is 0.152 e. The summed E-state index contributed by atoms with van der Waals surface area (Å²) >= 11 is 11.8. The summed E-state index contributed by atoms with van der Waals surface area (Å²) in [5.41, 5.74) is 3.44. The minimum absolute atomic E-state index is 0.0729. The monoisotopic (exact) mass is 323 g/mol. The number of phenolic OH excluding ortho intramolecular Hbond substituents is 1. The van der Waals surface area contributed by atoms with Gasteiger partial charge < -0.3 is 10.4 Å². The van der Waals surface area contributed by atoms with Crippen molar-refractivity contribution >= 4 is 28.9 Å². The van der Waals surface area contributed by atoms with Gasteiger partial charge in [-0.2, -0.15) is 0 Å². The van der Waals surface area contributed by atoms with Crippen molar-refractivity contribution in [3.63, 3.8) is 0 Å². The van der Waals surface area contributed by atoms with Crippen LogP contribution >= 0.6 is 23.2 Å². The largest absolute Gasteiger partial charge is 0.505 e. The summed E-state index contributed by atoms with van der Waals surface area (Å²) in [5.74, 6) is -0.0729. The average molecular weight is 324 g/mol. The molecule has 0 saturated carbocycles. The molecule has 2 nitrogen and oxygen atoms in total. The smallest absolute Gasteiger partial charge is 0.152 e. The van der Waals surface area contributed by atoms with Crippen LogP contribution in [0.2, 0.25) is 10.0 Å². The highest BCUT2D eigenvalue weighted by Gasteiger charge is 2.09. The second-order valence-electron chi connectivity index (χ2n) is 5.36. The molecule has 0 bridgehead atoms. The Morgan fingerprint density at radius 3 is 2.43 bits per heavy atom. The number of anilines is 1. The zero-order chi connectivity index (χ0) is 15.4. The van der Waals surface area contributed by atoms with Gasteiger partial charge in [0.1, 0.15) is 0 Å². The lowest BCUT2D eigenvalue weighted by molar-refractivity contribution is 0.476. The van der Waals surface area contributed by atoms with E-state index in [4.69, 9.17) is 23.2 Å². The molecule has 21 heavy (non-hydrogen) atoms. The van der Waals surface area contributed by atoms with Crippen LogP contribution in [0.3, 0.4) is 0 Å². The molecule has 0 aromatic heterocycles. The summed E-state index contributed by atoms with van der Waals surface area (Å²) in [6, 6.07) is 12.2. The topological polar surface area (TPSA) is 32.3 Å². The van der Waals surface area contributed by atoms with Crippen molar-refractivity contribution in [3.05, 3.63) is 57.6 Å². The van der Waals surface area contributed by atoms with Crippen LogP contribution in [0.15, 0.2) is 36.4 Å². The van der Waals surface area contributed by atoms with Crippen LogP contribution in [-0.4, -0.2) is 11.1 Å². The molecule has 2 aromatic carbocycles. The first-order valence-electron chi connectivity index (χ1n) is 6.96. The fourth-order valence-corrected chi connectivity index (χ4v) is 2.74. The molecule has 0 heterocycles. The van der Waals surface area contributed by atoms with Crippen molar-refractivity contribution in [2.45, 2.75) is 32.7 Å². The highest BCUT2D eigenvalue weighted by atomic mass is 35.5. The van der Waals surface area contributed by atoms with Gasteiger partial charge in [-0.25, -0.2) is 0 Å². The van der Waals surface area contributed by atoms with Gasteiger partial charge in [-0.3, -0.25) is 0 Å². The molecule has 2 aromatic rings. The van der Waals surface area contributed by atoms with Crippen molar-refractivity contribution in [3.8, 4) is 5.75 Å². The first kappa shape index (κ1) is 16.0. The second kappa shape index (κ2) is 7.06. The third-order valence-electron chi connectivity index (χ3n) is 3.38. The molecular formula is C17H19Cl2NO. The van der Waals surface area contributed by atoms with Gasteiger partial charge in [0.25, 0.3) is 0 Å². The van der Waals surface area contributed by atoms with E-state index in [1.54, 1.807) is 12.1 Å². The van der Waals surface area contributed by atoms with E-state index in [0.717, 1.165) is 18.5 Å². The highest BCUT2D eigenvalue weighted by Crippen LogP contribution is 2.34. The minimum atomic E-state index is -0.0729. The molecule has 0 aliphatic carbocycles. The molecule has 112 valence electrons. The summed E-state index contributed by atoms with van der Waals surface area (Å²) in [4.78, 5) is 0. The first-order valence-corrected chi connectivity index (χ1v) is 7.71. The molecule has 0 spiro atoms. The van der Waals surface area contributed by atoms with Gasteiger partial charge in [0, 0.05) is 11.7 Å². The Morgan fingerprint density at radius 2 is 1.81 bits per heavy atom. The van der Waals surface area contributed by atoms with Crippen LogP contribution in [0.5, 0.6) is 5.75 Å². The standard InChI is InChI=1S/C17H19Cl2NO/c1-11-4-3-5-13(8-11)7-6-12(2)20-14-9-15(18)17(21)16(19)10-14/h3-5,8-10,12,20-21H,6-7H2,1-2H3. The minimum Gasteiger partial charge on any atom is -0.505 e. The van der Waals surface area contributed by atoms with Gasteiger partial charge in [0.15, 0.2) is 5.75 Å². The van der Waals surface area contributed by atoms with E-state index in [0.29, 0.717) is 0 Å². The molecule has 1 atom stereocenters.